The Labute approximate surface area is 99.5 Å². The van der Waals surface area contributed by atoms with Gasteiger partial charge in [0.1, 0.15) is 6.10 Å². The van der Waals surface area contributed by atoms with E-state index in [-0.39, 0.29) is 0 Å². The monoisotopic (exact) mass is 219 g/mol. The van der Waals surface area contributed by atoms with Gasteiger partial charge in [-0.15, -0.1) is 0 Å². The minimum absolute atomic E-state index is 0.546. The van der Waals surface area contributed by atoms with Gasteiger partial charge in [-0.2, -0.15) is 0 Å². The molecule has 1 aromatic carbocycles. The van der Waals surface area contributed by atoms with Crippen molar-refractivity contribution < 1.29 is 5.11 Å². The molecule has 16 heavy (non-hydrogen) atoms. The molecule has 1 rings (SSSR count). The normalized spacial score (nSPS) is 12.8. The molecular formula is C15H23O. The van der Waals surface area contributed by atoms with Crippen LogP contribution in [0.25, 0.3) is 0 Å². The van der Waals surface area contributed by atoms with Gasteiger partial charge in [-0.1, -0.05) is 39.8 Å². The molecule has 0 fully saturated rings. The summed E-state index contributed by atoms with van der Waals surface area (Å²) in [7, 11) is 0. The minimum Gasteiger partial charge on any atom is -0.228 e. The van der Waals surface area contributed by atoms with Crippen molar-refractivity contribution in [2.45, 2.75) is 59.5 Å². The van der Waals surface area contributed by atoms with E-state index in [2.05, 4.69) is 32.9 Å². The third-order valence-corrected chi connectivity index (χ3v) is 3.27. The molecule has 1 heteroatoms. The maximum atomic E-state index is 12.1. The summed E-state index contributed by atoms with van der Waals surface area (Å²) in [6.07, 6.45) is 3.13. The van der Waals surface area contributed by atoms with Crippen molar-refractivity contribution in [3.63, 3.8) is 0 Å². The zero-order chi connectivity index (χ0) is 12.1. The summed E-state index contributed by atoms with van der Waals surface area (Å²) in [4.78, 5) is 0. The van der Waals surface area contributed by atoms with Crippen molar-refractivity contribution in [3.05, 3.63) is 34.4 Å². The van der Waals surface area contributed by atoms with E-state index in [9.17, 15) is 5.11 Å². The predicted octanol–water partition coefficient (Wildman–Crippen LogP) is 4.26. The molecule has 0 aliphatic heterocycles. The van der Waals surface area contributed by atoms with Crippen LogP contribution < -0.4 is 0 Å². The Bertz CT molecular complexity index is 316. The van der Waals surface area contributed by atoms with Gasteiger partial charge in [-0.3, -0.25) is 0 Å². The molecule has 0 amide bonds. The van der Waals surface area contributed by atoms with E-state index >= 15 is 0 Å². The molecule has 0 saturated carbocycles. The first-order chi connectivity index (χ1) is 7.67. The lowest BCUT2D eigenvalue weighted by Crippen LogP contribution is -2.05. The Kier molecular flexibility index (Phi) is 5.01. The van der Waals surface area contributed by atoms with Gasteiger partial charge in [0.15, 0.2) is 0 Å². The van der Waals surface area contributed by atoms with Crippen LogP contribution in [0, 0.1) is 0 Å². The molecule has 89 valence electrons. The fourth-order valence-electron chi connectivity index (χ4n) is 2.26. The maximum Gasteiger partial charge on any atom is 0.118 e. The Balaban J connectivity index is 3.31. The molecule has 0 spiro atoms. The summed E-state index contributed by atoms with van der Waals surface area (Å²) in [6.45, 7) is 8.42. The summed E-state index contributed by atoms with van der Waals surface area (Å²) in [5.41, 5.74) is 4.96. The topological polar surface area (TPSA) is 19.9 Å². The van der Waals surface area contributed by atoms with Crippen LogP contribution in [0.5, 0.6) is 0 Å². The standard InChI is InChI=1S/C15H23O/c1-5-11-9-12(6-2)15(14(16)8-4)13(7-3)10-11/h9-10,14H,5-8H2,1-4H3. The highest BCUT2D eigenvalue weighted by Gasteiger charge is 2.16. The van der Waals surface area contributed by atoms with E-state index in [1.54, 1.807) is 0 Å². The SMILES string of the molecule is CCc1cc(CC)c(C([O])CC)c(CC)c1. The Morgan fingerprint density at radius 2 is 1.44 bits per heavy atom. The number of hydrogen-bond acceptors (Lipinski definition) is 0. The summed E-state index contributed by atoms with van der Waals surface area (Å²) in [5.74, 6) is 0. The van der Waals surface area contributed by atoms with Crippen LogP contribution >= 0.6 is 0 Å². The van der Waals surface area contributed by atoms with Gasteiger partial charge in [0.2, 0.25) is 0 Å². The molecule has 0 aliphatic carbocycles. The first-order valence-corrected chi connectivity index (χ1v) is 6.48. The third-order valence-electron chi connectivity index (χ3n) is 3.27. The zero-order valence-corrected chi connectivity index (χ0v) is 11.0. The molecule has 0 bridgehead atoms. The van der Waals surface area contributed by atoms with Gasteiger partial charge in [0, 0.05) is 0 Å². The molecule has 0 saturated heterocycles. The molecule has 1 aromatic rings. The van der Waals surface area contributed by atoms with E-state index in [0.29, 0.717) is 6.42 Å². The van der Waals surface area contributed by atoms with E-state index in [1.165, 1.54) is 16.7 Å². The fourth-order valence-corrected chi connectivity index (χ4v) is 2.26. The lowest BCUT2D eigenvalue weighted by Gasteiger charge is -2.18. The van der Waals surface area contributed by atoms with E-state index in [4.69, 9.17) is 0 Å². The smallest absolute Gasteiger partial charge is 0.118 e. The van der Waals surface area contributed by atoms with Crippen LogP contribution in [-0.4, -0.2) is 0 Å². The number of aryl methyl sites for hydroxylation is 3. The molecule has 0 heterocycles. The van der Waals surface area contributed by atoms with Crippen molar-refractivity contribution in [2.75, 3.05) is 0 Å². The average molecular weight is 219 g/mol. The quantitative estimate of drug-likeness (QED) is 0.705. The van der Waals surface area contributed by atoms with Crippen LogP contribution in [0.1, 0.15) is 62.5 Å². The van der Waals surface area contributed by atoms with Crippen molar-refractivity contribution >= 4 is 0 Å². The Morgan fingerprint density at radius 3 is 1.75 bits per heavy atom. The first-order valence-electron chi connectivity index (χ1n) is 6.48. The summed E-state index contributed by atoms with van der Waals surface area (Å²) < 4.78 is 0. The van der Waals surface area contributed by atoms with Gasteiger partial charge in [0.05, 0.1) is 0 Å². The third kappa shape index (κ3) is 2.65. The van der Waals surface area contributed by atoms with Crippen molar-refractivity contribution in [1.82, 2.24) is 0 Å². The highest BCUT2D eigenvalue weighted by Crippen LogP contribution is 2.28. The predicted molar refractivity (Wildman–Crippen MR) is 68.3 cm³/mol. The van der Waals surface area contributed by atoms with Crippen molar-refractivity contribution in [3.8, 4) is 0 Å². The number of rotatable bonds is 5. The molecule has 0 aromatic heterocycles. The minimum atomic E-state index is -0.546. The summed E-state index contributed by atoms with van der Waals surface area (Å²) >= 11 is 0. The number of benzene rings is 1. The maximum absolute atomic E-state index is 12.1. The molecule has 1 nitrogen and oxygen atoms in total. The number of hydrogen-bond donors (Lipinski definition) is 0. The van der Waals surface area contributed by atoms with Crippen molar-refractivity contribution in [2.24, 2.45) is 0 Å². The first kappa shape index (κ1) is 13.2. The molecule has 1 atom stereocenters. The van der Waals surface area contributed by atoms with Crippen LogP contribution in [-0.2, 0) is 24.4 Å². The highest BCUT2D eigenvalue weighted by atomic mass is 16.3. The Morgan fingerprint density at radius 1 is 0.938 bits per heavy atom. The zero-order valence-electron chi connectivity index (χ0n) is 11.0. The largest absolute Gasteiger partial charge is 0.228 e. The lowest BCUT2D eigenvalue weighted by molar-refractivity contribution is 0.0842. The Hall–Kier alpha value is -0.820. The van der Waals surface area contributed by atoms with Crippen LogP contribution in [0.3, 0.4) is 0 Å². The summed E-state index contributed by atoms with van der Waals surface area (Å²) in [6, 6.07) is 4.43. The van der Waals surface area contributed by atoms with Crippen LogP contribution in [0.15, 0.2) is 12.1 Å². The summed E-state index contributed by atoms with van der Waals surface area (Å²) in [5, 5.41) is 12.1. The molecule has 1 unspecified atom stereocenters. The van der Waals surface area contributed by atoms with E-state index in [0.717, 1.165) is 24.8 Å². The molecule has 0 aliphatic rings. The highest BCUT2D eigenvalue weighted by molar-refractivity contribution is 5.41. The van der Waals surface area contributed by atoms with Gasteiger partial charge >= 0.3 is 0 Å². The fraction of sp³-hybridized carbons (Fsp3) is 0.600. The van der Waals surface area contributed by atoms with Crippen LogP contribution in [0.4, 0.5) is 0 Å². The van der Waals surface area contributed by atoms with Gasteiger partial charge in [0.25, 0.3) is 0 Å². The lowest BCUT2D eigenvalue weighted by atomic mass is 9.89. The van der Waals surface area contributed by atoms with Gasteiger partial charge in [-0.05, 0) is 47.9 Å². The second-order valence-electron chi connectivity index (χ2n) is 4.29. The van der Waals surface area contributed by atoms with Crippen LogP contribution in [0.2, 0.25) is 0 Å². The van der Waals surface area contributed by atoms with Crippen molar-refractivity contribution in [1.29, 1.82) is 0 Å². The molecule has 1 radical (unpaired) electrons. The van der Waals surface area contributed by atoms with Gasteiger partial charge in [-0.25, -0.2) is 5.11 Å². The second kappa shape index (κ2) is 6.05. The van der Waals surface area contributed by atoms with E-state index < -0.39 is 6.10 Å². The molecular weight excluding hydrogens is 196 g/mol. The molecule has 0 N–H and O–H groups in total. The second-order valence-corrected chi connectivity index (χ2v) is 4.29. The van der Waals surface area contributed by atoms with E-state index in [1.807, 2.05) is 6.92 Å². The van der Waals surface area contributed by atoms with Gasteiger partial charge < -0.3 is 0 Å². The average Bonchev–Trinajstić information content (AvgIpc) is 2.35.